The molecule has 0 saturated carbocycles. The lowest BCUT2D eigenvalue weighted by atomic mass is 10.0. The predicted octanol–water partition coefficient (Wildman–Crippen LogP) is 3.60. The number of rotatable bonds is 9. The number of hydrogen-bond donors (Lipinski definition) is 0. The molecule has 3 atom stereocenters. The van der Waals surface area contributed by atoms with Crippen molar-refractivity contribution in [2.75, 3.05) is 98.8 Å². The van der Waals surface area contributed by atoms with Crippen LogP contribution in [0, 0.1) is 0 Å². The van der Waals surface area contributed by atoms with E-state index >= 15 is 0 Å². The summed E-state index contributed by atoms with van der Waals surface area (Å²) in [6.07, 6.45) is 12.0. The molecule has 0 aliphatic carbocycles. The first-order valence-corrected chi connectivity index (χ1v) is 13.7. The van der Waals surface area contributed by atoms with Crippen molar-refractivity contribution in [3.63, 3.8) is 0 Å². The van der Waals surface area contributed by atoms with E-state index in [1.54, 1.807) is 0 Å². The smallest absolute Gasteiger partial charge is 0.0701 e. The van der Waals surface area contributed by atoms with Gasteiger partial charge in [0.15, 0.2) is 0 Å². The summed E-state index contributed by atoms with van der Waals surface area (Å²) < 4.78 is 29.6. The molecule has 2 rings (SSSR count). The van der Waals surface area contributed by atoms with Crippen molar-refractivity contribution in [1.29, 1.82) is 0 Å². The van der Waals surface area contributed by atoms with Crippen LogP contribution < -0.4 is 0 Å². The van der Waals surface area contributed by atoms with Gasteiger partial charge in [0.1, 0.15) is 0 Å². The van der Waals surface area contributed by atoms with Crippen LogP contribution in [-0.2, 0) is 23.7 Å². The summed E-state index contributed by atoms with van der Waals surface area (Å²) in [6, 6.07) is 0.408. The fraction of sp³-hybridized carbons (Fsp3) is 1.00. The van der Waals surface area contributed by atoms with E-state index in [4.69, 9.17) is 23.7 Å². The third kappa shape index (κ3) is 15.4. The minimum Gasteiger partial charge on any atom is -0.379 e. The standard InChI is InChI=1S/C26H52N2O5/c1-2-3-4-5-6-7-8-9-10-26-25-33-24-23-31-18-13-27-11-16-29-19-14-28(26)15-20-32-22-21-30-17-12-27/h26H,2-25H2,1H3. The van der Waals surface area contributed by atoms with Crippen molar-refractivity contribution in [2.24, 2.45) is 0 Å². The molecule has 3 unspecified atom stereocenters. The Hall–Kier alpha value is -0.280. The molecule has 2 heterocycles. The molecule has 33 heavy (non-hydrogen) atoms. The van der Waals surface area contributed by atoms with E-state index in [2.05, 4.69) is 16.7 Å². The molecule has 2 aliphatic rings. The van der Waals surface area contributed by atoms with Gasteiger partial charge in [0.25, 0.3) is 0 Å². The summed E-state index contributed by atoms with van der Waals surface area (Å²) >= 11 is 0. The summed E-state index contributed by atoms with van der Waals surface area (Å²) in [6.45, 7) is 13.9. The normalized spacial score (nSPS) is 27.7. The second-order valence-electron chi connectivity index (χ2n) is 9.32. The quantitative estimate of drug-likeness (QED) is 0.375. The zero-order valence-electron chi connectivity index (χ0n) is 21.5. The summed E-state index contributed by atoms with van der Waals surface area (Å²) in [5.74, 6) is 0. The van der Waals surface area contributed by atoms with Crippen molar-refractivity contribution in [2.45, 2.75) is 70.8 Å². The number of fused-ring (bicyclic) bond motifs is 6. The van der Waals surface area contributed by atoms with Crippen LogP contribution in [0.2, 0.25) is 0 Å². The van der Waals surface area contributed by atoms with Crippen LogP contribution in [0.1, 0.15) is 64.7 Å². The lowest BCUT2D eigenvalue weighted by Gasteiger charge is -2.32. The van der Waals surface area contributed by atoms with Crippen LogP contribution in [0.3, 0.4) is 0 Å². The maximum Gasteiger partial charge on any atom is 0.0701 e. The van der Waals surface area contributed by atoms with Crippen molar-refractivity contribution in [3.8, 4) is 0 Å². The highest BCUT2D eigenvalue weighted by Gasteiger charge is 2.19. The molecule has 7 nitrogen and oxygen atoms in total. The molecular weight excluding hydrogens is 420 g/mol. The Balaban J connectivity index is 1.87. The Morgan fingerprint density at radius 1 is 0.515 bits per heavy atom. The first kappa shape index (κ1) is 29.0. The van der Waals surface area contributed by atoms with Crippen LogP contribution in [0.4, 0.5) is 0 Å². The van der Waals surface area contributed by atoms with E-state index in [1.807, 2.05) is 0 Å². The van der Waals surface area contributed by atoms with E-state index < -0.39 is 0 Å². The summed E-state index contributed by atoms with van der Waals surface area (Å²) in [5.41, 5.74) is 0. The van der Waals surface area contributed by atoms with E-state index in [0.717, 1.165) is 72.4 Å². The van der Waals surface area contributed by atoms with Crippen molar-refractivity contribution < 1.29 is 23.7 Å². The third-order valence-electron chi connectivity index (χ3n) is 6.66. The Bertz CT molecular complexity index is 429. The average molecular weight is 473 g/mol. The largest absolute Gasteiger partial charge is 0.379 e. The molecule has 0 aromatic rings. The topological polar surface area (TPSA) is 52.6 Å². The van der Waals surface area contributed by atoms with E-state index in [-0.39, 0.29) is 0 Å². The maximum atomic E-state index is 6.08. The fourth-order valence-corrected chi connectivity index (χ4v) is 4.51. The van der Waals surface area contributed by atoms with Gasteiger partial charge in [-0.25, -0.2) is 0 Å². The zero-order chi connectivity index (χ0) is 23.2. The average Bonchev–Trinajstić information content (AvgIpc) is 2.84. The molecule has 0 aromatic carbocycles. The Morgan fingerprint density at radius 3 is 1.55 bits per heavy atom. The lowest BCUT2D eigenvalue weighted by molar-refractivity contribution is -0.00867. The molecule has 7 heteroatoms. The van der Waals surface area contributed by atoms with Gasteiger partial charge in [0.05, 0.1) is 66.1 Å². The SMILES string of the molecule is CCCCCCCCCCC1COCCOCCN2CCOCCOCCN1CCOCC2. The van der Waals surface area contributed by atoms with Gasteiger partial charge in [-0.2, -0.15) is 0 Å². The maximum absolute atomic E-state index is 6.08. The van der Waals surface area contributed by atoms with Crippen LogP contribution in [0.15, 0.2) is 0 Å². The van der Waals surface area contributed by atoms with Gasteiger partial charge in [-0.1, -0.05) is 58.3 Å². The molecule has 0 amide bonds. The number of hydrogen-bond acceptors (Lipinski definition) is 7. The van der Waals surface area contributed by atoms with Crippen molar-refractivity contribution in [3.05, 3.63) is 0 Å². The molecule has 2 fully saturated rings. The highest BCUT2D eigenvalue weighted by atomic mass is 16.5. The van der Waals surface area contributed by atoms with E-state index in [0.29, 0.717) is 32.5 Å². The molecule has 2 bridgehead atoms. The zero-order valence-corrected chi connectivity index (χ0v) is 21.5. The molecule has 196 valence electrons. The first-order chi connectivity index (χ1) is 16.4. The molecule has 0 aromatic heterocycles. The molecular formula is C26H52N2O5. The molecule has 0 radical (unpaired) electrons. The molecule has 2 saturated heterocycles. The monoisotopic (exact) mass is 472 g/mol. The van der Waals surface area contributed by atoms with Crippen molar-refractivity contribution in [1.82, 2.24) is 9.80 Å². The Labute approximate surface area is 203 Å². The second-order valence-corrected chi connectivity index (χ2v) is 9.32. The fourth-order valence-electron chi connectivity index (χ4n) is 4.51. The van der Waals surface area contributed by atoms with Gasteiger partial charge in [0.2, 0.25) is 0 Å². The van der Waals surface area contributed by atoms with Gasteiger partial charge in [-0.05, 0) is 6.42 Å². The van der Waals surface area contributed by atoms with Gasteiger partial charge >= 0.3 is 0 Å². The molecule has 2 aliphatic heterocycles. The minimum absolute atomic E-state index is 0.408. The number of unbranched alkanes of at least 4 members (excludes halogenated alkanes) is 7. The molecule has 0 N–H and O–H groups in total. The summed E-state index contributed by atoms with van der Waals surface area (Å²) in [7, 11) is 0. The number of nitrogens with zero attached hydrogens (tertiary/aromatic N) is 2. The Kier molecular flexibility index (Phi) is 18.5. The van der Waals surface area contributed by atoms with Gasteiger partial charge in [-0.15, -0.1) is 0 Å². The second kappa shape index (κ2) is 21.0. The summed E-state index contributed by atoms with van der Waals surface area (Å²) in [5, 5.41) is 0. The first-order valence-electron chi connectivity index (χ1n) is 13.7. The van der Waals surface area contributed by atoms with Crippen molar-refractivity contribution >= 4 is 0 Å². The third-order valence-corrected chi connectivity index (χ3v) is 6.66. The van der Waals surface area contributed by atoms with Crippen LogP contribution in [0.5, 0.6) is 0 Å². The predicted molar refractivity (Wildman–Crippen MR) is 133 cm³/mol. The Morgan fingerprint density at radius 2 is 0.970 bits per heavy atom. The van der Waals surface area contributed by atoms with Crippen LogP contribution in [0.25, 0.3) is 0 Å². The van der Waals surface area contributed by atoms with Crippen LogP contribution >= 0.6 is 0 Å². The minimum atomic E-state index is 0.408. The van der Waals surface area contributed by atoms with E-state index in [9.17, 15) is 0 Å². The highest BCUT2D eigenvalue weighted by molar-refractivity contribution is 4.73. The molecule has 0 spiro atoms. The van der Waals surface area contributed by atoms with Gasteiger partial charge in [-0.3, -0.25) is 9.80 Å². The number of ether oxygens (including phenoxy) is 5. The van der Waals surface area contributed by atoms with Gasteiger partial charge < -0.3 is 23.7 Å². The lowest BCUT2D eigenvalue weighted by Crippen LogP contribution is -2.43. The van der Waals surface area contributed by atoms with Gasteiger partial charge in [0, 0.05) is 38.8 Å². The van der Waals surface area contributed by atoms with Crippen LogP contribution in [-0.4, -0.2) is 115 Å². The van der Waals surface area contributed by atoms with E-state index in [1.165, 1.54) is 57.8 Å². The summed E-state index contributed by atoms with van der Waals surface area (Å²) in [4.78, 5) is 4.89. The highest BCUT2D eigenvalue weighted by Crippen LogP contribution is 2.14.